The summed E-state index contributed by atoms with van der Waals surface area (Å²) in [6.07, 6.45) is 0. The molecule has 1 aliphatic heterocycles. The molecule has 4 rings (SSSR count). The lowest BCUT2D eigenvalue weighted by atomic mass is 10.0. The topological polar surface area (TPSA) is 38.8 Å². The molecule has 4 heteroatoms. The second-order valence-electron chi connectivity index (χ2n) is 7.19. The number of hydrogen-bond donors (Lipinski definition) is 0. The molecule has 4 nitrogen and oxygen atoms in total. The van der Waals surface area contributed by atoms with E-state index in [0.29, 0.717) is 11.8 Å². The number of carbonyl (C=O) groups is 1. The van der Waals surface area contributed by atoms with Gasteiger partial charge in [0, 0.05) is 30.3 Å². The van der Waals surface area contributed by atoms with Crippen molar-refractivity contribution < 1.29 is 14.3 Å². The minimum absolute atomic E-state index is 0.0811. The quantitative estimate of drug-likeness (QED) is 0.769. The Hall–Kier alpha value is -2.33. The Balaban J connectivity index is 1.45. The Morgan fingerprint density at radius 1 is 1.04 bits per heavy atom. The number of ketones is 1. The average Bonchev–Trinajstić information content (AvgIpc) is 3.39. The normalized spacial score (nSPS) is 25.0. The molecule has 26 heavy (non-hydrogen) atoms. The molecule has 0 N–H and O–H groups in total. The predicted molar refractivity (Wildman–Crippen MR) is 102 cm³/mol. The molecule has 0 bridgehead atoms. The third-order valence-corrected chi connectivity index (χ3v) is 5.71. The van der Waals surface area contributed by atoms with Gasteiger partial charge < -0.3 is 14.4 Å². The zero-order chi connectivity index (χ0) is 18.1. The number of anilines is 1. The summed E-state index contributed by atoms with van der Waals surface area (Å²) in [5.41, 5.74) is 3.28. The Kier molecular flexibility index (Phi) is 4.68. The van der Waals surface area contributed by atoms with Crippen molar-refractivity contribution >= 4 is 11.5 Å². The lowest BCUT2D eigenvalue weighted by Crippen LogP contribution is -2.36. The minimum Gasteiger partial charge on any atom is -0.497 e. The molecule has 2 aliphatic rings. The van der Waals surface area contributed by atoms with E-state index in [9.17, 15) is 4.79 Å². The molecule has 3 atom stereocenters. The predicted octanol–water partition coefficient (Wildman–Crippen LogP) is 3.76. The van der Waals surface area contributed by atoms with Gasteiger partial charge in [-0.3, -0.25) is 4.79 Å². The van der Waals surface area contributed by atoms with Crippen LogP contribution in [0.25, 0.3) is 0 Å². The van der Waals surface area contributed by atoms with Gasteiger partial charge in [-0.1, -0.05) is 19.1 Å². The van der Waals surface area contributed by atoms with Crippen molar-refractivity contribution in [2.24, 2.45) is 11.8 Å². The highest BCUT2D eigenvalue weighted by Crippen LogP contribution is 2.55. The lowest BCUT2D eigenvalue weighted by Gasteiger charge is -2.28. The lowest BCUT2D eigenvalue weighted by molar-refractivity contribution is 0.0960. The first-order valence-electron chi connectivity index (χ1n) is 9.30. The number of rotatable bonds is 5. The SMILES string of the molecule is COc1ccc(C(=O)[C@H]2[C@@H](C)[C@@H]2c2ccc(N3CCOCC3)cc2)cc1. The van der Waals surface area contributed by atoms with E-state index >= 15 is 0 Å². The largest absolute Gasteiger partial charge is 0.497 e. The Bertz CT molecular complexity index is 763. The van der Waals surface area contributed by atoms with Crippen LogP contribution in [-0.4, -0.2) is 39.2 Å². The fraction of sp³-hybridized carbons (Fsp3) is 0.409. The van der Waals surface area contributed by atoms with Crippen molar-refractivity contribution in [1.29, 1.82) is 0 Å². The highest BCUT2D eigenvalue weighted by atomic mass is 16.5. The maximum atomic E-state index is 12.9. The Labute approximate surface area is 154 Å². The molecule has 2 aromatic carbocycles. The number of Topliss-reactive ketones (excluding diaryl/α,β-unsaturated/α-hetero) is 1. The van der Waals surface area contributed by atoms with E-state index in [1.165, 1.54) is 11.3 Å². The molecular formula is C22H25NO3. The number of morpholine rings is 1. The molecule has 0 unspecified atom stereocenters. The van der Waals surface area contributed by atoms with Crippen LogP contribution in [0, 0.1) is 11.8 Å². The first kappa shape index (κ1) is 17.1. The summed E-state index contributed by atoms with van der Waals surface area (Å²) in [6.45, 7) is 5.64. The second kappa shape index (κ2) is 7.12. The van der Waals surface area contributed by atoms with Gasteiger partial charge in [-0.05, 0) is 53.8 Å². The molecule has 0 aromatic heterocycles. The standard InChI is InChI=1S/C22H25NO3/c1-15-20(21(15)22(24)17-5-9-19(25-2)10-6-17)16-3-7-18(8-4-16)23-11-13-26-14-12-23/h3-10,15,20-21H,11-14H2,1-2H3/t15-,20+,21-/m0/s1. The van der Waals surface area contributed by atoms with Crippen molar-refractivity contribution in [3.05, 3.63) is 59.7 Å². The van der Waals surface area contributed by atoms with Crippen LogP contribution in [0.2, 0.25) is 0 Å². The highest BCUT2D eigenvalue weighted by molar-refractivity contribution is 6.00. The van der Waals surface area contributed by atoms with Crippen LogP contribution in [-0.2, 0) is 4.74 Å². The van der Waals surface area contributed by atoms with Gasteiger partial charge in [0.15, 0.2) is 5.78 Å². The molecule has 1 heterocycles. The number of nitrogens with zero attached hydrogens (tertiary/aromatic N) is 1. The summed E-state index contributed by atoms with van der Waals surface area (Å²) in [6, 6.07) is 16.2. The summed E-state index contributed by atoms with van der Waals surface area (Å²) < 4.78 is 10.6. The van der Waals surface area contributed by atoms with Crippen molar-refractivity contribution in [1.82, 2.24) is 0 Å². The number of carbonyl (C=O) groups excluding carboxylic acids is 1. The number of methoxy groups -OCH3 is 1. The molecule has 1 saturated heterocycles. The summed E-state index contributed by atoms with van der Waals surface area (Å²) in [7, 11) is 1.64. The van der Waals surface area contributed by atoms with Crippen molar-refractivity contribution in [3.63, 3.8) is 0 Å². The van der Waals surface area contributed by atoms with Gasteiger partial charge >= 0.3 is 0 Å². The summed E-state index contributed by atoms with van der Waals surface area (Å²) in [5.74, 6) is 1.81. The first-order valence-corrected chi connectivity index (χ1v) is 9.30. The summed E-state index contributed by atoms with van der Waals surface area (Å²) in [5, 5.41) is 0. The van der Waals surface area contributed by atoms with Gasteiger partial charge in [-0.2, -0.15) is 0 Å². The van der Waals surface area contributed by atoms with Gasteiger partial charge in [0.1, 0.15) is 5.75 Å². The fourth-order valence-corrected chi connectivity index (χ4v) is 4.05. The van der Waals surface area contributed by atoms with Crippen LogP contribution < -0.4 is 9.64 Å². The number of hydrogen-bond acceptors (Lipinski definition) is 4. The molecular weight excluding hydrogens is 326 g/mol. The maximum Gasteiger partial charge on any atom is 0.166 e. The molecule has 136 valence electrons. The molecule has 1 aliphatic carbocycles. The van der Waals surface area contributed by atoms with E-state index in [1.54, 1.807) is 7.11 Å². The molecule has 2 fully saturated rings. The Morgan fingerprint density at radius 2 is 1.69 bits per heavy atom. The van der Waals surface area contributed by atoms with Crippen LogP contribution in [0.1, 0.15) is 28.8 Å². The monoisotopic (exact) mass is 351 g/mol. The summed E-state index contributed by atoms with van der Waals surface area (Å²) >= 11 is 0. The average molecular weight is 351 g/mol. The van der Waals surface area contributed by atoms with E-state index in [-0.39, 0.29) is 11.7 Å². The zero-order valence-electron chi connectivity index (χ0n) is 15.4. The van der Waals surface area contributed by atoms with Gasteiger partial charge in [0.25, 0.3) is 0 Å². The fourth-order valence-electron chi connectivity index (χ4n) is 4.05. The third-order valence-electron chi connectivity index (χ3n) is 5.71. The molecule has 0 spiro atoms. The van der Waals surface area contributed by atoms with Crippen LogP contribution in [0.15, 0.2) is 48.5 Å². The van der Waals surface area contributed by atoms with Crippen molar-refractivity contribution in [2.45, 2.75) is 12.8 Å². The molecule has 2 aromatic rings. The van der Waals surface area contributed by atoms with Crippen LogP contribution >= 0.6 is 0 Å². The maximum absolute atomic E-state index is 12.9. The van der Waals surface area contributed by atoms with Crippen molar-refractivity contribution in [2.75, 3.05) is 38.3 Å². The Morgan fingerprint density at radius 3 is 2.31 bits per heavy atom. The molecule has 0 amide bonds. The van der Waals surface area contributed by atoms with Gasteiger partial charge in [-0.15, -0.1) is 0 Å². The van der Waals surface area contributed by atoms with E-state index in [1.807, 2.05) is 24.3 Å². The minimum atomic E-state index is 0.0811. The van der Waals surface area contributed by atoms with E-state index in [2.05, 4.69) is 36.1 Å². The molecule has 0 radical (unpaired) electrons. The van der Waals surface area contributed by atoms with Crippen LogP contribution in [0.3, 0.4) is 0 Å². The number of ether oxygens (including phenoxy) is 2. The number of benzene rings is 2. The van der Waals surface area contributed by atoms with Crippen LogP contribution in [0.5, 0.6) is 5.75 Å². The van der Waals surface area contributed by atoms with E-state index < -0.39 is 0 Å². The van der Waals surface area contributed by atoms with Crippen LogP contribution in [0.4, 0.5) is 5.69 Å². The summed E-state index contributed by atoms with van der Waals surface area (Å²) in [4.78, 5) is 15.2. The smallest absolute Gasteiger partial charge is 0.166 e. The van der Waals surface area contributed by atoms with E-state index in [4.69, 9.17) is 9.47 Å². The first-order chi connectivity index (χ1) is 12.7. The third kappa shape index (κ3) is 3.21. The second-order valence-corrected chi connectivity index (χ2v) is 7.19. The van der Waals surface area contributed by atoms with Gasteiger partial charge in [0.2, 0.25) is 0 Å². The highest BCUT2D eigenvalue weighted by Gasteiger charge is 2.52. The van der Waals surface area contributed by atoms with Gasteiger partial charge in [0.05, 0.1) is 20.3 Å². The van der Waals surface area contributed by atoms with Crippen molar-refractivity contribution in [3.8, 4) is 5.75 Å². The van der Waals surface area contributed by atoms with E-state index in [0.717, 1.165) is 37.6 Å². The van der Waals surface area contributed by atoms with Gasteiger partial charge in [-0.25, -0.2) is 0 Å². The molecule has 1 saturated carbocycles. The zero-order valence-corrected chi connectivity index (χ0v) is 15.4.